The fourth-order valence-electron chi connectivity index (χ4n) is 3.41. The SMILES string of the molecule is CN(CCCCCc1cc(-c2ccccc2)n[nH]1)C(=O)CCc1ccccc1N. The number of nitrogens with zero attached hydrogens (tertiary/aromatic N) is 2. The van der Waals surface area contributed by atoms with E-state index >= 15 is 0 Å². The zero-order valence-corrected chi connectivity index (χ0v) is 17.1. The highest BCUT2D eigenvalue weighted by Crippen LogP contribution is 2.18. The molecule has 1 amide bonds. The number of nitrogens with one attached hydrogen (secondary N) is 1. The Bertz CT molecular complexity index is 904. The van der Waals surface area contributed by atoms with E-state index in [0.717, 1.165) is 60.4 Å². The number of hydrogen-bond donors (Lipinski definition) is 2. The number of hydrogen-bond acceptors (Lipinski definition) is 3. The lowest BCUT2D eigenvalue weighted by Gasteiger charge is -2.17. The first-order chi connectivity index (χ1) is 14.1. The molecule has 0 atom stereocenters. The van der Waals surface area contributed by atoms with Crippen LogP contribution in [0.4, 0.5) is 5.69 Å². The van der Waals surface area contributed by atoms with E-state index in [0.29, 0.717) is 12.8 Å². The highest BCUT2D eigenvalue weighted by molar-refractivity contribution is 5.76. The quantitative estimate of drug-likeness (QED) is 0.396. The first-order valence-electron chi connectivity index (χ1n) is 10.3. The van der Waals surface area contributed by atoms with Crippen LogP contribution in [0.2, 0.25) is 0 Å². The van der Waals surface area contributed by atoms with Crippen molar-refractivity contribution in [1.29, 1.82) is 0 Å². The van der Waals surface area contributed by atoms with Crippen molar-refractivity contribution in [2.24, 2.45) is 0 Å². The number of anilines is 1. The van der Waals surface area contributed by atoms with E-state index in [1.54, 1.807) is 0 Å². The molecule has 0 saturated carbocycles. The molecular weight excluding hydrogens is 360 g/mol. The minimum absolute atomic E-state index is 0.175. The van der Waals surface area contributed by atoms with Crippen molar-refractivity contribution in [3.05, 3.63) is 71.9 Å². The molecule has 5 nitrogen and oxygen atoms in total. The zero-order valence-electron chi connectivity index (χ0n) is 17.1. The molecule has 3 N–H and O–H groups in total. The Hall–Kier alpha value is -3.08. The summed E-state index contributed by atoms with van der Waals surface area (Å²) in [5, 5.41) is 7.54. The average molecular weight is 391 g/mol. The summed E-state index contributed by atoms with van der Waals surface area (Å²) >= 11 is 0. The predicted molar refractivity (Wildman–Crippen MR) is 118 cm³/mol. The van der Waals surface area contributed by atoms with Crippen LogP contribution in [0.25, 0.3) is 11.3 Å². The molecule has 0 saturated heterocycles. The number of benzene rings is 2. The van der Waals surface area contributed by atoms with E-state index in [-0.39, 0.29) is 5.91 Å². The lowest BCUT2D eigenvalue weighted by Crippen LogP contribution is -2.28. The summed E-state index contributed by atoms with van der Waals surface area (Å²) in [5.74, 6) is 0.175. The number of unbranched alkanes of at least 4 members (excludes halogenated alkanes) is 2. The molecule has 0 unspecified atom stereocenters. The van der Waals surface area contributed by atoms with Crippen LogP contribution in [-0.4, -0.2) is 34.6 Å². The monoisotopic (exact) mass is 390 g/mol. The van der Waals surface area contributed by atoms with Gasteiger partial charge in [-0.2, -0.15) is 5.10 Å². The summed E-state index contributed by atoms with van der Waals surface area (Å²) < 4.78 is 0. The molecule has 3 rings (SSSR count). The summed E-state index contributed by atoms with van der Waals surface area (Å²) in [4.78, 5) is 14.2. The van der Waals surface area contributed by atoms with Gasteiger partial charge in [0, 0.05) is 37.0 Å². The lowest BCUT2D eigenvalue weighted by atomic mass is 10.1. The maximum absolute atomic E-state index is 12.3. The second-order valence-corrected chi connectivity index (χ2v) is 7.47. The number of nitrogen functional groups attached to an aromatic ring is 1. The number of carbonyl (C=O) groups is 1. The maximum Gasteiger partial charge on any atom is 0.222 e. The molecule has 5 heteroatoms. The van der Waals surface area contributed by atoms with Gasteiger partial charge in [-0.1, -0.05) is 55.0 Å². The molecule has 3 aromatic rings. The third kappa shape index (κ3) is 6.21. The molecule has 2 aromatic carbocycles. The van der Waals surface area contributed by atoms with Gasteiger partial charge in [-0.05, 0) is 43.4 Å². The van der Waals surface area contributed by atoms with Crippen LogP contribution in [0, 0.1) is 0 Å². The second kappa shape index (κ2) is 10.5. The average Bonchev–Trinajstić information content (AvgIpc) is 3.22. The van der Waals surface area contributed by atoms with Crippen molar-refractivity contribution in [1.82, 2.24) is 15.1 Å². The molecule has 1 aromatic heterocycles. The molecule has 0 aliphatic heterocycles. The van der Waals surface area contributed by atoms with E-state index in [1.165, 1.54) is 0 Å². The molecule has 0 bridgehead atoms. The largest absolute Gasteiger partial charge is 0.399 e. The smallest absolute Gasteiger partial charge is 0.222 e. The minimum Gasteiger partial charge on any atom is -0.399 e. The Labute approximate surface area is 172 Å². The van der Waals surface area contributed by atoms with E-state index in [2.05, 4.69) is 28.4 Å². The highest BCUT2D eigenvalue weighted by atomic mass is 16.2. The summed E-state index contributed by atoms with van der Waals surface area (Å²) in [6, 6.07) is 20.1. The Morgan fingerprint density at radius 2 is 1.76 bits per heavy atom. The fourth-order valence-corrected chi connectivity index (χ4v) is 3.41. The van der Waals surface area contributed by atoms with Crippen molar-refractivity contribution in [2.75, 3.05) is 19.3 Å². The number of para-hydroxylation sites is 1. The van der Waals surface area contributed by atoms with Gasteiger partial charge < -0.3 is 10.6 Å². The van der Waals surface area contributed by atoms with Crippen LogP contribution in [0.5, 0.6) is 0 Å². The Kier molecular flexibility index (Phi) is 7.45. The van der Waals surface area contributed by atoms with Gasteiger partial charge in [0.2, 0.25) is 5.91 Å². The number of aryl methyl sites for hydroxylation is 2. The molecular formula is C24H30N4O. The number of amides is 1. The third-order valence-electron chi connectivity index (χ3n) is 5.23. The Morgan fingerprint density at radius 3 is 2.55 bits per heavy atom. The third-order valence-corrected chi connectivity index (χ3v) is 5.23. The first-order valence-corrected chi connectivity index (χ1v) is 10.3. The van der Waals surface area contributed by atoms with Gasteiger partial charge in [0.1, 0.15) is 0 Å². The van der Waals surface area contributed by atoms with Crippen LogP contribution in [0.3, 0.4) is 0 Å². The number of carbonyl (C=O) groups excluding carboxylic acids is 1. The topological polar surface area (TPSA) is 75.0 Å². The molecule has 29 heavy (non-hydrogen) atoms. The van der Waals surface area contributed by atoms with Crippen LogP contribution in [0.15, 0.2) is 60.7 Å². The number of nitrogens with two attached hydrogens (primary N) is 1. The van der Waals surface area contributed by atoms with Crippen LogP contribution >= 0.6 is 0 Å². The van der Waals surface area contributed by atoms with Crippen molar-refractivity contribution < 1.29 is 4.79 Å². The Balaban J connectivity index is 1.32. The highest BCUT2D eigenvalue weighted by Gasteiger charge is 2.10. The lowest BCUT2D eigenvalue weighted by molar-refractivity contribution is -0.129. The van der Waals surface area contributed by atoms with E-state index in [9.17, 15) is 4.79 Å². The number of aromatic nitrogens is 2. The van der Waals surface area contributed by atoms with Crippen LogP contribution < -0.4 is 5.73 Å². The Morgan fingerprint density at radius 1 is 1.00 bits per heavy atom. The minimum atomic E-state index is 0.175. The number of aromatic amines is 1. The van der Waals surface area contributed by atoms with E-state index < -0.39 is 0 Å². The maximum atomic E-state index is 12.3. The van der Waals surface area contributed by atoms with Crippen molar-refractivity contribution >= 4 is 11.6 Å². The molecule has 0 aliphatic carbocycles. The zero-order chi connectivity index (χ0) is 20.5. The fraction of sp³-hybridized carbons (Fsp3) is 0.333. The molecule has 0 aliphatic rings. The summed E-state index contributed by atoms with van der Waals surface area (Å²) in [6.45, 7) is 0.793. The van der Waals surface area contributed by atoms with Crippen LogP contribution in [0.1, 0.15) is 36.9 Å². The number of rotatable bonds is 10. The molecule has 152 valence electrons. The van der Waals surface area contributed by atoms with Crippen LogP contribution in [-0.2, 0) is 17.6 Å². The second-order valence-electron chi connectivity index (χ2n) is 7.47. The van der Waals surface area contributed by atoms with Gasteiger partial charge in [0.15, 0.2) is 0 Å². The summed E-state index contributed by atoms with van der Waals surface area (Å²) in [6.07, 6.45) is 5.35. The molecule has 0 spiro atoms. The van der Waals surface area contributed by atoms with Crippen molar-refractivity contribution in [2.45, 2.75) is 38.5 Å². The van der Waals surface area contributed by atoms with E-state index in [4.69, 9.17) is 5.73 Å². The van der Waals surface area contributed by atoms with E-state index in [1.807, 2.05) is 54.4 Å². The molecule has 0 fully saturated rings. The van der Waals surface area contributed by atoms with Gasteiger partial charge in [-0.3, -0.25) is 9.89 Å². The standard InChI is InChI=1S/C24H30N4O/c1-28(24(29)16-15-19-10-7-8-14-22(19)25)17-9-3-6-13-21-18-23(27-26-21)20-11-4-2-5-12-20/h2,4-5,7-8,10-12,14,18H,3,6,9,13,15-17,25H2,1H3,(H,26,27). The molecule has 0 radical (unpaired) electrons. The van der Waals surface area contributed by atoms with Gasteiger partial charge in [0.05, 0.1) is 5.69 Å². The summed E-state index contributed by atoms with van der Waals surface area (Å²) in [7, 11) is 1.89. The van der Waals surface area contributed by atoms with Gasteiger partial charge in [0.25, 0.3) is 0 Å². The van der Waals surface area contributed by atoms with Gasteiger partial charge in [-0.25, -0.2) is 0 Å². The normalized spacial score (nSPS) is 10.8. The number of H-pyrrole nitrogens is 1. The predicted octanol–water partition coefficient (Wildman–Crippen LogP) is 4.46. The van der Waals surface area contributed by atoms with Gasteiger partial charge in [-0.15, -0.1) is 0 Å². The van der Waals surface area contributed by atoms with Crippen molar-refractivity contribution in [3.63, 3.8) is 0 Å². The molecule has 1 heterocycles. The van der Waals surface area contributed by atoms with Crippen molar-refractivity contribution in [3.8, 4) is 11.3 Å². The van der Waals surface area contributed by atoms with Gasteiger partial charge >= 0.3 is 0 Å². The summed E-state index contributed by atoms with van der Waals surface area (Å²) in [5.41, 5.74) is 11.0. The first kappa shape index (κ1) is 20.6.